The molecule has 1 aliphatic carbocycles. The van der Waals surface area contributed by atoms with E-state index < -0.39 is 0 Å². The molecule has 0 radical (unpaired) electrons. The number of hydrogen-bond donors (Lipinski definition) is 1. The van der Waals surface area contributed by atoms with Crippen molar-refractivity contribution in [1.29, 1.82) is 0 Å². The Morgan fingerprint density at radius 1 is 1.24 bits per heavy atom. The molecule has 17 heavy (non-hydrogen) atoms. The molecule has 2 N–H and O–H groups in total. The maximum Gasteiger partial charge on any atom is 0.162 e. The molecule has 0 bridgehead atoms. The average molecular weight is 256 g/mol. The highest BCUT2D eigenvalue weighted by atomic mass is 35.5. The number of hydrogen-bond acceptors (Lipinski definition) is 3. The second-order valence-electron chi connectivity index (χ2n) is 4.53. The van der Waals surface area contributed by atoms with E-state index in [1.165, 1.54) is 6.42 Å². The fourth-order valence-electron chi connectivity index (χ4n) is 2.45. The predicted molar refractivity (Wildman–Crippen MR) is 69.1 cm³/mol. The van der Waals surface area contributed by atoms with Crippen LogP contribution >= 0.6 is 11.6 Å². The molecule has 4 heteroatoms. The van der Waals surface area contributed by atoms with Gasteiger partial charge >= 0.3 is 0 Å². The second-order valence-corrected chi connectivity index (χ2v) is 4.93. The van der Waals surface area contributed by atoms with Gasteiger partial charge in [0.2, 0.25) is 0 Å². The molecule has 0 saturated heterocycles. The number of rotatable bonds is 4. The molecule has 1 aromatic carbocycles. The number of ether oxygens (including phenoxy) is 2. The summed E-state index contributed by atoms with van der Waals surface area (Å²) in [5.41, 5.74) is 7.03. The molecule has 0 aromatic heterocycles. The van der Waals surface area contributed by atoms with Gasteiger partial charge in [-0.05, 0) is 24.5 Å². The maximum absolute atomic E-state index is 6.32. The molecule has 0 aliphatic heterocycles. The van der Waals surface area contributed by atoms with Gasteiger partial charge in [0, 0.05) is 23.0 Å². The van der Waals surface area contributed by atoms with Gasteiger partial charge in [-0.25, -0.2) is 0 Å². The smallest absolute Gasteiger partial charge is 0.162 e. The van der Waals surface area contributed by atoms with Gasteiger partial charge in [-0.2, -0.15) is 0 Å². The third-order valence-electron chi connectivity index (χ3n) is 3.75. The van der Waals surface area contributed by atoms with Crippen molar-refractivity contribution in [2.24, 2.45) is 5.73 Å². The van der Waals surface area contributed by atoms with Crippen molar-refractivity contribution in [2.75, 3.05) is 20.8 Å². The fraction of sp³-hybridized carbons (Fsp3) is 0.538. The number of nitrogens with two attached hydrogens (primary N) is 1. The first-order chi connectivity index (χ1) is 8.16. The van der Waals surface area contributed by atoms with Crippen LogP contribution in [-0.2, 0) is 5.41 Å². The molecule has 1 aliphatic rings. The van der Waals surface area contributed by atoms with Crippen molar-refractivity contribution in [3.63, 3.8) is 0 Å². The van der Waals surface area contributed by atoms with E-state index in [0.29, 0.717) is 23.1 Å². The Kier molecular flexibility index (Phi) is 3.50. The SMILES string of the molecule is COc1cc(Cl)c(C2(CN)CCC2)cc1OC. The van der Waals surface area contributed by atoms with Crippen LogP contribution in [0.3, 0.4) is 0 Å². The highest BCUT2D eigenvalue weighted by molar-refractivity contribution is 6.31. The van der Waals surface area contributed by atoms with Crippen LogP contribution < -0.4 is 15.2 Å². The van der Waals surface area contributed by atoms with Crippen LogP contribution in [0.15, 0.2) is 12.1 Å². The summed E-state index contributed by atoms with van der Waals surface area (Å²) in [5, 5.41) is 0.716. The fourth-order valence-corrected chi connectivity index (χ4v) is 2.80. The summed E-state index contributed by atoms with van der Waals surface area (Å²) in [5.74, 6) is 1.37. The molecule has 0 heterocycles. The van der Waals surface area contributed by atoms with E-state index >= 15 is 0 Å². The molecule has 94 valence electrons. The predicted octanol–water partition coefficient (Wildman–Crippen LogP) is 2.74. The van der Waals surface area contributed by atoms with Crippen LogP contribution in [0, 0.1) is 0 Å². The van der Waals surface area contributed by atoms with Crippen molar-refractivity contribution < 1.29 is 9.47 Å². The normalized spacial score (nSPS) is 17.4. The first kappa shape index (κ1) is 12.5. The number of benzene rings is 1. The van der Waals surface area contributed by atoms with Crippen LogP contribution in [-0.4, -0.2) is 20.8 Å². The molecule has 0 amide bonds. The van der Waals surface area contributed by atoms with E-state index in [0.717, 1.165) is 18.4 Å². The number of halogens is 1. The minimum absolute atomic E-state index is 0.0383. The highest BCUT2D eigenvalue weighted by Gasteiger charge is 2.39. The molecule has 0 spiro atoms. The standard InChI is InChI=1S/C13H18ClNO2/c1-16-11-6-9(10(14)7-12(11)17-2)13(8-15)4-3-5-13/h6-7H,3-5,8,15H2,1-2H3. The van der Waals surface area contributed by atoms with Gasteiger partial charge in [-0.3, -0.25) is 0 Å². The van der Waals surface area contributed by atoms with Gasteiger partial charge in [0.1, 0.15) is 0 Å². The van der Waals surface area contributed by atoms with Gasteiger partial charge in [-0.15, -0.1) is 0 Å². The lowest BCUT2D eigenvalue weighted by Crippen LogP contribution is -2.41. The molecular weight excluding hydrogens is 238 g/mol. The Bertz CT molecular complexity index is 411. The van der Waals surface area contributed by atoms with Crippen molar-refractivity contribution >= 4 is 11.6 Å². The van der Waals surface area contributed by atoms with E-state index in [2.05, 4.69) is 0 Å². The van der Waals surface area contributed by atoms with Crippen molar-refractivity contribution in [2.45, 2.75) is 24.7 Å². The molecule has 3 nitrogen and oxygen atoms in total. The van der Waals surface area contributed by atoms with Crippen molar-refractivity contribution in [3.05, 3.63) is 22.7 Å². The first-order valence-electron chi connectivity index (χ1n) is 5.79. The van der Waals surface area contributed by atoms with E-state index in [4.69, 9.17) is 26.8 Å². The summed E-state index contributed by atoms with van der Waals surface area (Å²) >= 11 is 6.32. The largest absolute Gasteiger partial charge is 0.493 e. The minimum Gasteiger partial charge on any atom is -0.493 e. The monoisotopic (exact) mass is 255 g/mol. The molecule has 2 rings (SSSR count). The maximum atomic E-state index is 6.32. The summed E-state index contributed by atoms with van der Waals surface area (Å²) in [6, 6.07) is 3.78. The molecular formula is C13H18ClNO2. The number of methoxy groups -OCH3 is 2. The average Bonchev–Trinajstić information content (AvgIpc) is 2.29. The van der Waals surface area contributed by atoms with Gasteiger partial charge in [0.15, 0.2) is 11.5 Å². The van der Waals surface area contributed by atoms with Crippen molar-refractivity contribution in [3.8, 4) is 11.5 Å². The molecule has 0 unspecified atom stereocenters. The van der Waals surface area contributed by atoms with Crippen LogP contribution in [0.1, 0.15) is 24.8 Å². The molecule has 0 atom stereocenters. The topological polar surface area (TPSA) is 44.5 Å². The first-order valence-corrected chi connectivity index (χ1v) is 6.17. The Labute approximate surface area is 107 Å². The Morgan fingerprint density at radius 3 is 2.24 bits per heavy atom. The molecule has 1 fully saturated rings. The lowest BCUT2D eigenvalue weighted by molar-refractivity contribution is 0.251. The van der Waals surface area contributed by atoms with E-state index in [1.807, 2.05) is 12.1 Å². The van der Waals surface area contributed by atoms with Crippen LogP contribution in [0.25, 0.3) is 0 Å². The van der Waals surface area contributed by atoms with E-state index in [9.17, 15) is 0 Å². The summed E-state index contributed by atoms with van der Waals surface area (Å²) in [4.78, 5) is 0. The minimum atomic E-state index is 0.0383. The second kappa shape index (κ2) is 4.75. The highest BCUT2D eigenvalue weighted by Crippen LogP contribution is 2.48. The lowest BCUT2D eigenvalue weighted by Gasteiger charge is -2.42. The molecule has 1 aromatic rings. The molecule has 1 saturated carbocycles. The quantitative estimate of drug-likeness (QED) is 0.900. The summed E-state index contributed by atoms with van der Waals surface area (Å²) in [6.45, 7) is 0.627. The zero-order valence-electron chi connectivity index (χ0n) is 10.3. The van der Waals surface area contributed by atoms with Gasteiger partial charge in [0.05, 0.1) is 14.2 Å². The van der Waals surface area contributed by atoms with Crippen LogP contribution in [0.5, 0.6) is 11.5 Å². The Hall–Kier alpha value is -0.930. The van der Waals surface area contributed by atoms with Gasteiger partial charge in [0.25, 0.3) is 0 Å². The Morgan fingerprint density at radius 2 is 1.82 bits per heavy atom. The third kappa shape index (κ3) is 1.98. The van der Waals surface area contributed by atoms with E-state index in [-0.39, 0.29) is 5.41 Å². The lowest BCUT2D eigenvalue weighted by atomic mass is 9.64. The van der Waals surface area contributed by atoms with Crippen LogP contribution in [0.2, 0.25) is 5.02 Å². The van der Waals surface area contributed by atoms with Gasteiger partial charge < -0.3 is 15.2 Å². The van der Waals surface area contributed by atoms with Crippen LogP contribution in [0.4, 0.5) is 0 Å². The van der Waals surface area contributed by atoms with E-state index in [1.54, 1.807) is 14.2 Å². The van der Waals surface area contributed by atoms with Crippen molar-refractivity contribution in [1.82, 2.24) is 0 Å². The Balaban J connectivity index is 2.47. The van der Waals surface area contributed by atoms with Gasteiger partial charge in [-0.1, -0.05) is 18.0 Å². The zero-order chi connectivity index (χ0) is 12.5. The third-order valence-corrected chi connectivity index (χ3v) is 4.06. The summed E-state index contributed by atoms with van der Waals surface area (Å²) < 4.78 is 10.5. The zero-order valence-corrected chi connectivity index (χ0v) is 11.0. The summed E-state index contributed by atoms with van der Waals surface area (Å²) in [6.07, 6.45) is 3.40. The summed E-state index contributed by atoms with van der Waals surface area (Å²) in [7, 11) is 3.24.